The second-order valence-corrected chi connectivity index (χ2v) is 13.0. The van der Waals surface area contributed by atoms with Crippen LogP contribution in [0.5, 0.6) is 0 Å². The first-order valence-corrected chi connectivity index (χ1v) is 16.8. The van der Waals surface area contributed by atoms with Gasteiger partial charge in [0.25, 0.3) is 0 Å². The first-order valence-electron chi connectivity index (χ1n) is 16.0. The number of hydrogen-bond acceptors (Lipinski definition) is 5. The highest BCUT2D eigenvalue weighted by atomic mass is 32.1. The standard InChI is InChI=1S/C43H26N2O2S/c1-3-12-27(13-4-1)28-22-24-30(25-23-28)45(34-19-11-18-32-31-16-7-9-20-36(31)46-41(32)34)35-26-37-40(44-43(47-37)29-14-5-2-6-15-29)39-33-17-8-10-21-38(33)48-42(35)39/h1-26H. The largest absolute Gasteiger partial charge is 0.454 e. The summed E-state index contributed by atoms with van der Waals surface area (Å²) in [5.74, 6) is 0.609. The van der Waals surface area contributed by atoms with Crippen molar-refractivity contribution < 1.29 is 8.83 Å². The van der Waals surface area contributed by atoms with Crippen molar-refractivity contribution in [3.63, 3.8) is 0 Å². The zero-order valence-corrected chi connectivity index (χ0v) is 26.4. The fourth-order valence-electron chi connectivity index (χ4n) is 6.88. The Kier molecular flexibility index (Phi) is 6.01. The Hall–Kier alpha value is -6.17. The van der Waals surface area contributed by atoms with Crippen molar-refractivity contribution in [1.29, 1.82) is 0 Å². The van der Waals surface area contributed by atoms with Crippen molar-refractivity contribution in [2.45, 2.75) is 0 Å². The molecule has 226 valence electrons. The lowest BCUT2D eigenvalue weighted by atomic mass is 10.0. The Bertz CT molecular complexity index is 2780. The molecule has 0 aliphatic heterocycles. The smallest absolute Gasteiger partial charge is 0.227 e. The van der Waals surface area contributed by atoms with Gasteiger partial charge in [-0.2, -0.15) is 0 Å². The summed E-state index contributed by atoms with van der Waals surface area (Å²) in [6.07, 6.45) is 0. The molecule has 0 atom stereocenters. The second kappa shape index (κ2) is 10.7. The normalized spacial score (nSPS) is 11.8. The molecule has 0 saturated carbocycles. The van der Waals surface area contributed by atoms with Crippen LogP contribution in [-0.4, -0.2) is 4.98 Å². The molecular formula is C43H26N2O2S. The monoisotopic (exact) mass is 634 g/mol. The summed E-state index contributed by atoms with van der Waals surface area (Å²) < 4.78 is 15.6. The molecule has 0 N–H and O–H groups in total. The van der Waals surface area contributed by atoms with Crippen LogP contribution < -0.4 is 4.90 Å². The molecule has 4 nitrogen and oxygen atoms in total. The van der Waals surface area contributed by atoms with E-state index < -0.39 is 0 Å². The molecule has 0 radical (unpaired) electrons. The molecule has 0 aliphatic carbocycles. The van der Waals surface area contributed by atoms with Crippen LogP contribution in [-0.2, 0) is 0 Å². The minimum absolute atomic E-state index is 0.609. The quantitative estimate of drug-likeness (QED) is 0.189. The molecule has 3 aromatic heterocycles. The van der Waals surface area contributed by atoms with Crippen LogP contribution in [0.4, 0.5) is 17.1 Å². The highest BCUT2D eigenvalue weighted by Gasteiger charge is 2.26. The molecule has 48 heavy (non-hydrogen) atoms. The fraction of sp³-hybridized carbons (Fsp3) is 0. The highest BCUT2D eigenvalue weighted by Crippen LogP contribution is 2.50. The number of thiophene rings is 1. The van der Waals surface area contributed by atoms with E-state index in [4.69, 9.17) is 13.8 Å². The molecule has 0 aliphatic rings. The van der Waals surface area contributed by atoms with Gasteiger partial charge in [0.05, 0.1) is 16.1 Å². The Morgan fingerprint density at radius 3 is 1.98 bits per heavy atom. The van der Waals surface area contributed by atoms with Gasteiger partial charge in [0.15, 0.2) is 11.2 Å². The molecule has 5 heteroatoms. The molecule has 0 saturated heterocycles. The third-order valence-electron chi connectivity index (χ3n) is 9.10. The van der Waals surface area contributed by atoms with Crippen LogP contribution >= 0.6 is 11.3 Å². The van der Waals surface area contributed by atoms with Gasteiger partial charge in [-0.15, -0.1) is 11.3 Å². The summed E-state index contributed by atoms with van der Waals surface area (Å²) >= 11 is 1.78. The number of aromatic nitrogens is 1. The van der Waals surface area contributed by atoms with E-state index in [2.05, 4.69) is 114 Å². The number of furan rings is 1. The SMILES string of the molecule is c1ccc(-c2ccc(N(c3cccc4c3oc3ccccc34)c3cc4oc(-c5ccccc5)nc4c4c3sc3ccccc34)cc2)cc1. The van der Waals surface area contributed by atoms with Crippen molar-refractivity contribution in [2.75, 3.05) is 4.90 Å². The molecular weight excluding hydrogens is 609 g/mol. The van der Waals surface area contributed by atoms with Crippen LogP contribution in [0.1, 0.15) is 0 Å². The Morgan fingerprint density at radius 1 is 0.500 bits per heavy atom. The summed E-state index contributed by atoms with van der Waals surface area (Å²) in [4.78, 5) is 7.43. The topological polar surface area (TPSA) is 42.4 Å². The first-order chi connectivity index (χ1) is 23.8. The summed E-state index contributed by atoms with van der Waals surface area (Å²) in [6, 6.07) is 54.8. The lowest BCUT2D eigenvalue weighted by molar-refractivity contribution is 0.620. The Morgan fingerprint density at radius 2 is 1.17 bits per heavy atom. The number of fused-ring (bicyclic) bond motifs is 8. The summed E-state index contributed by atoms with van der Waals surface area (Å²) in [7, 11) is 0. The summed E-state index contributed by atoms with van der Waals surface area (Å²) in [5.41, 5.74) is 9.57. The van der Waals surface area contributed by atoms with Gasteiger partial charge >= 0.3 is 0 Å². The predicted octanol–water partition coefficient (Wildman–Crippen LogP) is 12.9. The Balaban J connectivity index is 1.29. The van der Waals surface area contributed by atoms with Gasteiger partial charge < -0.3 is 13.7 Å². The van der Waals surface area contributed by atoms with Gasteiger partial charge in [0, 0.05) is 43.6 Å². The third kappa shape index (κ3) is 4.18. The number of nitrogens with zero attached hydrogens (tertiary/aromatic N) is 2. The zero-order valence-electron chi connectivity index (χ0n) is 25.6. The van der Waals surface area contributed by atoms with Gasteiger partial charge in [-0.05, 0) is 53.6 Å². The van der Waals surface area contributed by atoms with Crippen LogP contribution in [0.15, 0.2) is 167 Å². The molecule has 0 amide bonds. The zero-order chi connectivity index (χ0) is 31.6. The maximum Gasteiger partial charge on any atom is 0.227 e. The molecule has 0 unspecified atom stereocenters. The second-order valence-electron chi connectivity index (χ2n) is 11.9. The van der Waals surface area contributed by atoms with Gasteiger partial charge in [0.1, 0.15) is 11.1 Å². The van der Waals surface area contributed by atoms with E-state index in [9.17, 15) is 0 Å². The molecule has 3 heterocycles. The van der Waals surface area contributed by atoms with Crippen LogP contribution in [0, 0.1) is 0 Å². The van der Waals surface area contributed by atoms with E-state index in [1.165, 1.54) is 15.6 Å². The fourth-order valence-corrected chi connectivity index (χ4v) is 8.09. The molecule has 10 aromatic rings. The number of rotatable bonds is 5. The van der Waals surface area contributed by atoms with E-state index >= 15 is 0 Å². The summed E-state index contributed by atoms with van der Waals surface area (Å²) in [6.45, 7) is 0. The number of anilines is 3. The van der Waals surface area contributed by atoms with E-state index in [1.807, 2.05) is 48.5 Å². The van der Waals surface area contributed by atoms with Crippen LogP contribution in [0.3, 0.4) is 0 Å². The van der Waals surface area contributed by atoms with Crippen molar-refractivity contribution in [3.05, 3.63) is 158 Å². The maximum absolute atomic E-state index is 6.65. The highest BCUT2D eigenvalue weighted by molar-refractivity contribution is 7.26. The average molecular weight is 635 g/mol. The van der Waals surface area contributed by atoms with Crippen molar-refractivity contribution in [3.8, 4) is 22.6 Å². The minimum atomic E-state index is 0.609. The van der Waals surface area contributed by atoms with Crippen LogP contribution in [0.25, 0.3) is 75.8 Å². The number of hydrogen-bond donors (Lipinski definition) is 0. The van der Waals surface area contributed by atoms with Gasteiger partial charge in [-0.1, -0.05) is 109 Å². The van der Waals surface area contributed by atoms with E-state index in [0.717, 1.165) is 71.3 Å². The number of benzene rings is 7. The van der Waals surface area contributed by atoms with E-state index in [1.54, 1.807) is 11.3 Å². The molecule has 10 rings (SSSR count). The molecule has 0 spiro atoms. The average Bonchev–Trinajstić information content (AvgIpc) is 3.87. The van der Waals surface area contributed by atoms with Crippen molar-refractivity contribution >= 4 is 81.6 Å². The molecule has 7 aromatic carbocycles. The van der Waals surface area contributed by atoms with Gasteiger partial charge in [-0.3, -0.25) is 0 Å². The summed E-state index contributed by atoms with van der Waals surface area (Å²) in [5, 5.41) is 4.43. The maximum atomic E-state index is 6.65. The molecule has 0 bridgehead atoms. The van der Waals surface area contributed by atoms with Crippen molar-refractivity contribution in [1.82, 2.24) is 4.98 Å². The number of para-hydroxylation sites is 2. The lowest BCUT2D eigenvalue weighted by Crippen LogP contribution is -2.10. The predicted molar refractivity (Wildman–Crippen MR) is 200 cm³/mol. The third-order valence-corrected chi connectivity index (χ3v) is 10.3. The Labute approximate surface area is 279 Å². The first kappa shape index (κ1) is 27.0. The van der Waals surface area contributed by atoms with E-state index in [0.29, 0.717) is 5.89 Å². The van der Waals surface area contributed by atoms with Crippen LogP contribution in [0.2, 0.25) is 0 Å². The van der Waals surface area contributed by atoms with Gasteiger partial charge in [0.2, 0.25) is 5.89 Å². The number of oxazole rings is 1. The van der Waals surface area contributed by atoms with Gasteiger partial charge in [-0.25, -0.2) is 4.98 Å². The molecule has 0 fully saturated rings. The van der Waals surface area contributed by atoms with E-state index in [-0.39, 0.29) is 0 Å². The van der Waals surface area contributed by atoms with Crippen molar-refractivity contribution in [2.24, 2.45) is 0 Å². The minimum Gasteiger partial charge on any atom is -0.454 e. The lowest BCUT2D eigenvalue weighted by Gasteiger charge is -2.26.